The Morgan fingerprint density at radius 3 is 2.88 bits per heavy atom. The second-order valence-electron chi connectivity index (χ2n) is 3.80. The van der Waals surface area contributed by atoms with Gasteiger partial charge in [0.15, 0.2) is 0 Å². The van der Waals surface area contributed by atoms with Crippen molar-refractivity contribution in [2.75, 3.05) is 13.7 Å². The summed E-state index contributed by atoms with van der Waals surface area (Å²) in [6.07, 6.45) is 9.31. The number of hydrogen-bond acceptors (Lipinski definition) is 1. The minimum Gasteiger partial charge on any atom is -0.385 e. The molecular formula is C14H19IO. The van der Waals surface area contributed by atoms with E-state index < -0.39 is 0 Å². The Morgan fingerprint density at radius 1 is 1.25 bits per heavy atom. The zero-order valence-electron chi connectivity index (χ0n) is 9.79. The first-order valence-electron chi connectivity index (χ1n) is 5.74. The molecule has 0 saturated heterocycles. The van der Waals surface area contributed by atoms with Gasteiger partial charge in [0, 0.05) is 17.3 Å². The minimum atomic E-state index is 0.889. The van der Waals surface area contributed by atoms with Gasteiger partial charge in [0.05, 0.1) is 0 Å². The molecule has 1 nitrogen and oxygen atoms in total. The fourth-order valence-corrected chi connectivity index (χ4v) is 2.08. The Labute approximate surface area is 112 Å². The predicted molar refractivity (Wildman–Crippen MR) is 78.5 cm³/mol. The van der Waals surface area contributed by atoms with E-state index in [0.29, 0.717) is 0 Å². The molecule has 0 spiro atoms. The smallest absolute Gasteiger partial charge is 0.0462 e. The van der Waals surface area contributed by atoms with Gasteiger partial charge in [-0.1, -0.05) is 30.7 Å². The van der Waals surface area contributed by atoms with Gasteiger partial charge in [0.1, 0.15) is 0 Å². The van der Waals surface area contributed by atoms with Crippen molar-refractivity contribution in [1.82, 2.24) is 0 Å². The highest BCUT2D eigenvalue weighted by Crippen LogP contribution is 2.10. The number of hydrogen-bond donors (Lipinski definition) is 0. The Morgan fingerprint density at radius 2 is 2.12 bits per heavy atom. The third-order valence-electron chi connectivity index (χ3n) is 2.38. The van der Waals surface area contributed by atoms with Gasteiger partial charge in [-0.15, -0.1) is 0 Å². The predicted octanol–water partition coefficient (Wildman–Crippen LogP) is 4.51. The highest BCUT2D eigenvalue weighted by Gasteiger charge is 1.89. The molecule has 0 saturated carbocycles. The maximum absolute atomic E-state index is 5.01. The van der Waals surface area contributed by atoms with Gasteiger partial charge in [0.25, 0.3) is 0 Å². The summed E-state index contributed by atoms with van der Waals surface area (Å²) >= 11 is 2.34. The number of ether oxygens (including phenoxy) is 1. The van der Waals surface area contributed by atoms with Gasteiger partial charge in [-0.05, 0) is 59.5 Å². The standard InChI is InChI=1S/C14H19IO/c1-16-11-6-4-2-3-5-8-13-9-7-10-14(15)12-13/h5,7-10,12H,2-4,6,11H2,1H3/b8-5+. The summed E-state index contributed by atoms with van der Waals surface area (Å²) < 4.78 is 6.30. The first kappa shape index (κ1) is 13.7. The van der Waals surface area contributed by atoms with Crippen LogP contribution in [-0.2, 0) is 4.74 Å². The van der Waals surface area contributed by atoms with Crippen LogP contribution >= 0.6 is 22.6 Å². The molecular weight excluding hydrogens is 311 g/mol. The summed E-state index contributed by atoms with van der Waals surface area (Å²) in [5.74, 6) is 0. The first-order chi connectivity index (χ1) is 7.83. The topological polar surface area (TPSA) is 9.23 Å². The molecule has 0 heterocycles. The Bertz CT molecular complexity index is 320. The van der Waals surface area contributed by atoms with Crippen molar-refractivity contribution in [1.29, 1.82) is 0 Å². The zero-order valence-corrected chi connectivity index (χ0v) is 11.9. The Kier molecular flexibility index (Phi) is 7.51. The average Bonchev–Trinajstić information content (AvgIpc) is 2.28. The van der Waals surface area contributed by atoms with Crippen molar-refractivity contribution in [3.8, 4) is 0 Å². The van der Waals surface area contributed by atoms with Crippen molar-refractivity contribution in [2.24, 2.45) is 0 Å². The summed E-state index contributed by atoms with van der Waals surface area (Å²) in [7, 11) is 1.76. The van der Waals surface area contributed by atoms with Crippen LogP contribution in [0.4, 0.5) is 0 Å². The maximum Gasteiger partial charge on any atom is 0.0462 e. The SMILES string of the molecule is COCCCCC/C=C/c1cccc(I)c1. The fourth-order valence-electron chi connectivity index (χ4n) is 1.52. The van der Waals surface area contributed by atoms with E-state index in [0.717, 1.165) is 13.0 Å². The normalized spacial score (nSPS) is 11.1. The number of allylic oxidation sites excluding steroid dienone is 1. The van der Waals surface area contributed by atoms with Gasteiger partial charge in [0.2, 0.25) is 0 Å². The van der Waals surface area contributed by atoms with Crippen molar-refractivity contribution >= 4 is 28.7 Å². The molecule has 0 fully saturated rings. The Hall–Kier alpha value is -0.350. The molecule has 0 bridgehead atoms. The van der Waals surface area contributed by atoms with Gasteiger partial charge in [-0.25, -0.2) is 0 Å². The van der Waals surface area contributed by atoms with Crippen LogP contribution in [0, 0.1) is 3.57 Å². The molecule has 0 unspecified atom stereocenters. The van der Waals surface area contributed by atoms with E-state index in [2.05, 4.69) is 59.0 Å². The van der Waals surface area contributed by atoms with Crippen LogP contribution in [0.5, 0.6) is 0 Å². The lowest BCUT2D eigenvalue weighted by molar-refractivity contribution is 0.192. The summed E-state index contributed by atoms with van der Waals surface area (Å²) in [4.78, 5) is 0. The van der Waals surface area contributed by atoms with Gasteiger partial charge >= 0.3 is 0 Å². The molecule has 0 aliphatic rings. The van der Waals surface area contributed by atoms with E-state index in [4.69, 9.17) is 4.74 Å². The van der Waals surface area contributed by atoms with E-state index in [1.807, 2.05) is 0 Å². The summed E-state index contributed by atoms with van der Waals surface area (Å²) in [5.41, 5.74) is 1.30. The molecule has 0 aliphatic carbocycles. The van der Waals surface area contributed by atoms with Crippen LogP contribution in [0.15, 0.2) is 30.3 Å². The summed E-state index contributed by atoms with van der Waals surface area (Å²) in [6.45, 7) is 0.889. The summed E-state index contributed by atoms with van der Waals surface area (Å²) in [5, 5.41) is 0. The highest BCUT2D eigenvalue weighted by molar-refractivity contribution is 14.1. The maximum atomic E-state index is 5.01. The molecule has 0 N–H and O–H groups in total. The zero-order chi connectivity index (χ0) is 11.6. The van der Waals surface area contributed by atoms with Crippen molar-refractivity contribution in [2.45, 2.75) is 25.7 Å². The second-order valence-corrected chi connectivity index (χ2v) is 5.05. The van der Waals surface area contributed by atoms with Crippen LogP contribution in [0.1, 0.15) is 31.2 Å². The van der Waals surface area contributed by atoms with Crippen LogP contribution in [0.3, 0.4) is 0 Å². The lowest BCUT2D eigenvalue weighted by atomic mass is 10.1. The minimum absolute atomic E-state index is 0.889. The van der Waals surface area contributed by atoms with Crippen molar-refractivity contribution < 1.29 is 4.74 Å². The van der Waals surface area contributed by atoms with Crippen LogP contribution in [-0.4, -0.2) is 13.7 Å². The molecule has 1 aromatic rings. The number of rotatable bonds is 7. The first-order valence-corrected chi connectivity index (χ1v) is 6.82. The second kappa shape index (κ2) is 8.76. The fraction of sp³-hybridized carbons (Fsp3) is 0.429. The molecule has 0 radical (unpaired) electrons. The molecule has 0 atom stereocenters. The van der Waals surface area contributed by atoms with E-state index in [-0.39, 0.29) is 0 Å². The third-order valence-corrected chi connectivity index (χ3v) is 3.05. The van der Waals surface area contributed by atoms with Crippen LogP contribution < -0.4 is 0 Å². The number of methoxy groups -OCH3 is 1. The van der Waals surface area contributed by atoms with E-state index in [1.165, 1.54) is 28.4 Å². The lowest BCUT2D eigenvalue weighted by Gasteiger charge is -1.97. The van der Waals surface area contributed by atoms with Gasteiger partial charge < -0.3 is 4.74 Å². The van der Waals surface area contributed by atoms with Crippen molar-refractivity contribution in [3.63, 3.8) is 0 Å². The monoisotopic (exact) mass is 330 g/mol. The van der Waals surface area contributed by atoms with E-state index in [9.17, 15) is 0 Å². The quantitative estimate of drug-likeness (QED) is 0.528. The third kappa shape index (κ3) is 6.28. The van der Waals surface area contributed by atoms with Crippen molar-refractivity contribution in [3.05, 3.63) is 39.5 Å². The van der Waals surface area contributed by atoms with E-state index >= 15 is 0 Å². The molecule has 0 aliphatic heterocycles. The van der Waals surface area contributed by atoms with Gasteiger partial charge in [-0.3, -0.25) is 0 Å². The molecule has 0 amide bonds. The molecule has 88 valence electrons. The largest absolute Gasteiger partial charge is 0.385 e. The molecule has 2 heteroatoms. The van der Waals surface area contributed by atoms with E-state index in [1.54, 1.807) is 7.11 Å². The summed E-state index contributed by atoms with van der Waals surface area (Å²) in [6, 6.07) is 8.55. The molecule has 16 heavy (non-hydrogen) atoms. The number of benzene rings is 1. The number of unbranched alkanes of at least 4 members (excludes halogenated alkanes) is 3. The van der Waals surface area contributed by atoms with Gasteiger partial charge in [-0.2, -0.15) is 0 Å². The molecule has 0 aromatic heterocycles. The lowest BCUT2D eigenvalue weighted by Crippen LogP contribution is -1.87. The average molecular weight is 330 g/mol. The van der Waals surface area contributed by atoms with Crippen LogP contribution in [0.2, 0.25) is 0 Å². The highest BCUT2D eigenvalue weighted by atomic mass is 127. The Balaban J connectivity index is 2.17. The number of halogens is 1. The molecule has 1 rings (SSSR count). The molecule has 1 aromatic carbocycles. The van der Waals surface area contributed by atoms with Crippen LogP contribution in [0.25, 0.3) is 6.08 Å².